The van der Waals surface area contributed by atoms with Crippen LogP contribution in [0.15, 0.2) is 42.7 Å². The number of benzene rings is 1. The molecule has 1 fully saturated rings. The number of carboxylic acid groups (broad SMARTS) is 1. The number of aromatic amines is 1. The molecule has 3 aromatic rings. The Morgan fingerprint density at radius 3 is 2.88 bits per heavy atom. The minimum absolute atomic E-state index is 0.0398. The Hall–Kier alpha value is -3.53. The van der Waals surface area contributed by atoms with Gasteiger partial charge < -0.3 is 20.3 Å². The van der Waals surface area contributed by atoms with Gasteiger partial charge in [0, 0.05) is 24.7 Å². The standard InChI is InChI=1S/C19H17N5O2/c25-19(26)24-9-8-15(11-24)23-18-16-10-14(22-17(16)20-12-21-18)7-6-13-4-2-1-3-5-13/h1-5,10,12,15H,8-9,11H2,(H,25,26)(H2,20,21,22,23)/t15-/m1/s1. The monoisotopic (exact) mass is 347 g/mol. The average molecular weight is 347 g/mol. The van der Waals surface area contributed by atoms with Crippen molar-refractivity contribution < 1.29 is 9.90 Å². The zero-order valence-electron chi connectivity index (χ0n) is 13.9. The molecular formula is C19H17N5O2. The average Bonchev–Trinajstić information content (AvgIpc) is 3.28. The third kappa shape index (κ3) is 3.30. The largest absolute Gasteiger partial charge is 0.465 e. The molecule has 1 aliphatic rings. The number of nitrogens with one attached hydrogen (secondary N) is 2. The second kappa shape index (κ2) is 6.76. The summed E-state index contributed by atoms with van der Waals surface area (Å²) < 4.78 is 0. The van der Waals surface area contributed by atoms with Crippen molar-refractivity contribution in [1.82, 2.24) is 19.9 Å². The Morgan fingerprint density at radius 1 is 1.27 bits per heavy atom. The third-order valence-corrected chi connectivity index (χ3v) is 4.34. The van der Waals surface area contributed by atoms with E-state index < -0.39 is 6.09 Å². The lowest BCUT2D eigenvalue weighted by Gasteiger charge is -2.14. The number of likely N-dealkylation sites (tertiary alicyclic amines) is 1. The van der Waals surface area contributed by atoms with Gasteiger partial charge in [-0.25, -0.2) is 14.8 Å². The first-order valence-electron chi connectivity index (χ1n) is 8.34. The van der Waals surface area contributed by atoms with E-state index in [0.29, 0.717) is 24.6 Å². The Bertz CT molecular complexity index is 1000. The van der Waals surface area contributed by atoms with Gasteiger partial charge in [0.25, 0.3) is 0 Å². The maximum Gasteiger partial charge on any atom is 0.407 e. The zero-order valence-corrected chi connectivity index (χ0v) is 13.9. The maximum absolute atomic E-state index is 11.1. The fourth-order valence-electron chi connectivity index (χ4n) is 3.03. The lowest BCUT2D eigenvalue weighted by Crippen LogP contribution is -2.30. The number of nitrogens with zero attached hydrogens (tertiary/aromatic N) is 3. The van der Waals surface area contributed by atoms with Crippen molar-refractivity contribution in [1.29, 1.82) is 0 Å². The molecule has 1 amide bonds. The van der Waals surface area contributed by atoms with Crippen LogP contribution in [-0.4, -0.2) is 50.2 Å². The zero-order chi connectivity index (χ0) is 17.9. The summed E-state index contributed by atoms with van der Waals surface area (Å²) in [7, 11) is 0. The molecule has 3 heterocycles. The molecule has 7 heteroatoms. The highest BCUT2D eigenvalue weighted by Gasteiger charge is 2.26. The van der Waals surface area contributed by atoms with Crippen molar-refractivity contribution in [3.8, 4) is 11.8 Å². The molecular weight excluding hydrogens is 330 g/mol. The first-order valence-corrected chi connectivity index (χ1v) is 8.34. The number of rotatable bonds is 2. The van der Waals surface area contributed by atoms with Gasteiger partial charge in [-0.05, 0) is 30.5 Å². The SMILES string of the molecule is O=C(O)N1CC[C@@H](Nc2ncnc3[nH]c(C#Cc4ccccc4)cc23)C1. The van der Waals surface area contributed by atoms with Crippen molar-refractivity contribution in [2.45, 2.75) is 12.5 Å². The normalized spacial score (nSPS) is 16.3. The lowest BCUT2D eigenvalue weighted by molar-refractivity contribution is 0.155. The van der Waals surface area contributed by atoms with Crippen molar-refractivity contribution in [2.24, 2.45) is 0 Å². The number of anilines is 1. The van der Waals surface area contributed by atoms with Gasteiger partial charge >= 0.3 is 6.09 Å². The first kappa shape index (κ1) is 16.0. The quantitative estimate of drug-likeness (QED) is 0.619. The molecule has 1 aliphatic heterocycles. The second-order valence-corrected chi connectivity index (χ2v) is 6.14. The van der Waals surface area contributed by atoms with E-state index in [1.807, 2.05) is 36.4 Å². The van der Waals surface area contributed by atoms with Gasteiger partial charge in [-0.2, -0.15) is 0 Å². The number of fused-ring (bicyclic) bond motifs is 1. The lowest BCUT2D eigenvalue weighted by atomic mass is 10.2. The van der Waals surface area contributed by atoms with E-state index in [4.69, 9.17) is 5.11 Å². The molecule has 0 bridgehead atoms. The van der Waals surface area contributed by atoms with Crippen LogP contribution in [0.25, 0.3) is 11.0 Å². The number of amides is 1. The molecule has 2 aromatic heterocycles. The van der Waals surface area contributed by atoms with Gasteiger partial charge in [-0.1, -0.05) is 24.1 Å². The molecule has 0 saturated carbocycles. The smallest absolute Gasteiger partial charge is 0.407 e. The summed E-state index contributed by atoms with van der Waals surface area (Å²) in [6, 6.07) is 11.7. The second-order valence-electron chi connectivity index (χ2n) is 6.14. The number of hydrogen-bond acceptors (Lipinski definition) is 4. The Balaban J connectivity index is 1.57. The van der Waals surface area contributed by atoms with Crippen molar-refractivity contribution >= 4 is 22.9 Å². The summed E-state index contributed by atoms with van der Waals surface area (Å²) in [4.78, 5) is 24.2. The molecule has 0 unspecified atom stereocenters. The first-order chi connectivity index (χ1) is 12.7. The van der Waals surface area contributed by atoms with Crippen LogP contribution in [0, 0.1) is 11.8 Å². The highest BCUT2D eigenvalue weighted by Crippen LogP contribution is 2.22. The molecule has 7 nitrogen and oxygen atoms in total. The van der Waals surface area contributed by atoms with Crippen LogP contribution >= 0.6 is 0 Å². The van der Waals surface area contributed by atoms with E-state index in [0.717, 1.165) is 23.1 Å². The van der Waals surface area contributed by atoms with Crippen LogP contribution in [0.3, 0.4) is 0 Å². The summed E-state index contributed by atoms with van der Waals surface area (Å²) in [6.45, 7) is 0.980. The highest BCUT2D eigenvalue weighted by atomic mass is 16.4. The van der Waals surface area contributed by atoms with E-state index in [1.54, 1.807) is 0 Å². The van der Waals surface area contributed by atoms with E-state index in [9.17, 15) is 4.79 Å². The molecule has 3 N–H and O–H groups in total. The third-order valence-electron chi connectivity index (χ3n) is 4.34. The van der Waals surface area contributed by atoms with E-state index >= 15 is 0 Å². The molecule has 26 heavy (non-hydrogen) atoms. The van der Waals surface area contributed by atoms with Crippen molar-refractivity contribution in [3.63, 3.8) is 0 Å². The van der Waals surface area contributed by atoms with Gasteiger partial charge in [-0.15, -0.1) is 0 Å². The minimum Gasteiger partial charge on any atom is -0.465 e. The van der Waals surface area contributed by atoms with Crippen LogP contribution < -0.4 is 5.32 Å². The molecule has 1 atom stereocenters. The Morgan fingerprint density at radius 2 is 2.12 bits per heavy atom. The predicted molar refractivity (Wildman–Crippen MR) is 97.9 cm³/mol. The molecule has 130 valence electrons. The predicted octanol–water partition coefficient (Wildman–Crippen LogP) is 2.52. The van der Waals surface area contributed by atoms with E-state index in [2.05, 4.69) is 32.1 Å². The van der Waals surface area contributed by atoms with E-state index in [-0.39, 0.29) is 6.04 Å². The van der Waals surface area contributed by atoms with Gasteiger partial charge in [-0.3, -0.25) is 0 Å². The Labute approximate surface area is 150 Å². The number of H-pyrrole nitrogens is 1. The van der Waals surface area contributed by atoms with Crippen LogP contribution in [0.5, 0.6) is 0 Å². The van der Waals surface area contributed by atoms with Crippen LogP contribution in [-0.2, 0) is 0 Å². The van der Waals surface area contributed by atoms with Gasteiger partial charge in [0.2, 0.25) is 0 Å². The van der Waals surface area contributed by atoms with Crippen LogP contribution in [0.4, 0.5) is 10.6 Å². The molecule has 4 rings (SSSR count). The molecule has 1 aromatic carbocycles. The summed E-state index contributed by atoms with van der Waals surface area (Å²) >= 11 is 0. The van der Waals surface area contributed by atoms with Gasteiger partial charge in [0.05, 0.1) is 11.1 Å². The fourth-order valence-corrected chi connectivity index (χ4v) is 3.03. The summed E-state index contributed by atoms with van der Waals surface area (Å²) in [6.07, 6.45) is 1.35. The summed E-state index contributed by atoms with van der Waals surface area (Å²) in [5, 5.41) is 13.3. The highest BCUT2D eigenvalue weighted by molar-refractivity contribution is 5.88. The summed E-state index contributed by atoms with van der Waals surface area (Å²) in [5.74, 6) is 6.91. The molecule has 0 aliphatic carbocycles. The molecule has 0 spiro atoms. The van der Waals surface area contributed by atoms with Crippen molar-refractivity contribution in [2.75, 3.05) is 18.4 Å². The van der Waals surface area contributed by atoms with Crippen molar-refractivity contribution in [3.05, 3.63) is 54.0 Å². The number of carbonyl (C=O) groups is 1. The number of hydrogen-bond donors (Lipinski definition) is 3. The fraction of sp³-hybridized carbons (Fsp3) is 0.211. The van der Waals surface area contributed by atoms with Gasteiger partial charge in [0.1, 0.15) is 17.8 Å². The molecule has 0 radical (unpaired) electrons. The van der Waals surface area contributed by atoms with Crippen LogP contribution in [0.1, 0.15) is 17.7 Å². The number of aromatic nitrogens is 3. The minimum atomic E-state index is -0.887. The molecule has 1 saturated heterocycles. The topological polar surface area (TPSA) is 94.1 Å². The van der Waals surface area contributed by atoms with E-state index in [1.165, 1.54) is 11.2 Å². The Kier molecular flexibility index (Phi) is 4.15. The maximum atomic E-state index is 11.1. The van der Waals surface area contributed by atoms with Gasteiger partial charge in [0.15, 0.2) is 0 Å². The van der Waals surface area contributed by atoms with Crippen LogP contribution in [0.2, 0.25) is 0 Å². The summed E-state index contributed by atoms with van der Waals surface area (Å²) in [5.41, 5.74) is 2.40.